The Kier molecular flexibility index (Phi) is 17.6. The third-order valence-electron chi connectivity index (χ3n) is 9.90. The standard InChI is InChI=1S/C44H60N2O5/c1-3-5-7-8-9-10-11-12-13-14-15-16-18-30-42(47)45-40-28-23-29-41(39(40)33-50-43(48)31-17-6-4-2)46-44(49)51-32-38-36-26-21-19-24-34(36)35-25-20-22-27-37(35)38/h19-29,38H,3-18,30-33H2,1-2H3,(H,45,47)(H,46,49). The Balaban J connectivity index is 1.28. The highest BCUT2D eigenvalue weighted by atomic mass is 16.5. The van der Waals surface area contributed by atoms with Gasteiger partial charge in [0.05, 0.1) is 5.69 Å². The largest absolute Gasteiger partial charge is 0.461 e. The van der Waals surface area contributed by atoms with Gasteiger partial charge in [-0.25, -0.2) is 4.79 Å². The summed E-state index contributed by atoms with van der Waals surface area (Å²) in [6.07, 6.45) is 19.1. The van der Waals surface area contributed by atoms with Crippen molar-refractivity contribution in [2.75, 3.05) is 17.2 Å². The smallest absolute Gasteiger partial charge is 0.411 e. The number of esters is 1. The fourth-order valence-electron chi connectivity index (χ4n) is 6.98. The van der Waals surface area contributed by atoms with Crippen molar-refractivity contribution >= 4 is 29.3 Å². The molecule has 0 heterocycles. The Labute approximate surface area is 306 Å². The van der Waals surface area contributed by atoms with Crippen LogP contribution in [0.5, 0.6) is 0 Å². The Bertz CT molecular complexity index is 1470. The number of fused-ring (bicyclic) bond motifs is 3. The highest BCUT2D eigenvalue weighted by molar-refractivity contribution is 5.94. The minimum absolute atomic E-state index is 0.0672. The van der Waals surface area contributed by atoms with Gasteiger partial charge in [-0.2, -0.15) is 0 Å². The van der Waals surface area contributed by atoms with Crippen LogP contribution in [0.4, 0.5) is 16.2 Å². The monoisotopic (exact) mass is 696 g/mol. The van der Waals surface area contributed by atoms with Crippen LogP contribution in [0.1, 0.15) is 152 Å². The number of nitrogens with one attached hydrogen (secondary N) is 2. The second-order valence-electron chi connectivity index (χ2n) is 13.9. The summed E-state index contributed by atoms with van der Waals surface area (Å²) in [7, 11) is 0. The van der Waals surface area contributed by atoms with Crippen LogP contribution in [0, 0.1) is 0 Å². The number of carbonyl (C=O) groups excluding carboxylic acids is 3. The zero-order valence-electron chi connectivity index (χ0n) is 31.1. The molecular formula is C44H60N2O5. The molecule has 1 aliphatic carbocycles. The van der Waals surface area contributed by atoms with Crippen molar-refractivity contribution in [3.63, 3.8) is 0 Å². The van der Waals surface area contributed by atoms with Crippen LogP contribution in [0.15, 0.2) is 66.7 Å². The van der Waals surface area contributed by atoms with E-state index in [-0.39, 0.29) is 31.0 Å². The van der Waals surface area contributed by atoms with Gasteiger partial charge in [0, 0.05) is 30.0 Å². The van der Waals surface area contributed by atoms with Gasteiger partial charge in [0.25, 0.3) is 0 Å². The van der Waals surface area contributed by atoms with Crippen molar-refractivity contribution in [2.45, 2.75) is 142 Å². The Morgan fingerprint density at radius 3 is 1.63 bits per heavy atom. The fraction of sp³-hybridized carbons (Fsp3) is 0.523. The molecule has 7 nitrogen and oxygen atoms in total. The third kappa shape index (κ3) is 13.2. The van der Waals surface area contributed by atoms with E-state index in [0.29, 0.717) is 29.8 Å². The maximum atomic E-state index is 13.2. The number of unbranched alkanes of at least 4 members (excludes halogenated alkanes) is 14. The summed E-state index contributed by atoms with van der Waals surface area (Å²) in [6, 6.07) is 21.7. The van der Waals surface area contributed by atoms with E-state index in [9.17, 15) is 14.4 Å². The molecular weight excluding hydrogens is 636 g/mol. The van der Waals surface area contributed by atoms with Crippen LogP contribution in [0.2, 0.25) is 0 Å². The first-order chi connectivity index (χ1) is 25.0. The van der Waals surface area contributed by atoms with Gasteiger partial charge in [0.2, 0.25) is 5.91 Å². The molecule has 0 unspecified atom stereocenters. The second kappa shape index (κ2) is 22.6. The lowest BCUT2D eigenvalue weighted by Gasteiger charge is -2.18. The molecule has 3 aromatic carbocycles. The van der Waals surface area contributed by atoms with Gasteiger partial charge < -0.3 is 14.8 Å². The first-order valence-corrected chi connectivity index (χ1v) is 19.7. The molecule has 0 radical (unpaired) electrons. The van der Waals surface area contributed by atoms with Crippen LogP contribution < -0.4 is 10.6 Å². The van der Waals surface area contributed by atoms with E-state index >= 15 is 0 Å². The summed E-state index contributed by atoms with van der Waals surface area (Å²) in [6.45, 7) is 4.45. The lowest BCUT2D eigenvalue weighted by molar-refractivity contribution is -0.145. The first-order valence-electron chi connectivity index (χ1n) is 19.7. The Morgan fingerprint density at radius 1 is 0.549 bits per heavy atom. The number of hydrogen-bond acceptors (Lipinski definition) is 5. The lowest BCUT2D eigenvalue weighted by Crippen LogP contribution is -2.20. The molecule has 1 aliphatic rings. The lowest BCUT2D eigenvalue weighted by atomic mass is 9.98. The molecule has 0 saturated carbocycles. The zero-order valence-corrected chi connectivity index (χ0v) is 31.1. The van der Waals surface area contributed by atoms with Crippen molar-refractivity contribution in [2.24, 2.45) is 0 Å². The summed E-state index contributed by atoms with van der Waals surface area (Å²) in [5.74, 6) is -0.460. The van der Waals surface area contributed by atoms with Crippen LogP contribution >= 0.6 is 0 Å². The molecule has 0 saturated heterocycles. The highest BCUT2D eigenvalue weighted by Gasteiger charge is 2.29. The highest BCUT2D eigenvalue weighted by Crippen LogP contribution is 2.44. The summed E-state index contributed by atoms with van der Waals surface area (Å²) >= 11 is 0. The molecule has 3 aromatic rings. The molecule has 2 N–H and O–H groups in total. The van der Waals surface area contributed by atoms with E-state index in [4.69, 9.17) is 9.47 Å². The van der Waals surface area contributed by atoms with Gasteiger partial charge in [-0.3, -0.25) is 14.9 Å². The minimum atomic E-state index is -0.608. The molecule has 0 bridgehead atoms. The molecule has 0 atom stereocenters. The molecule has 0 fully saturated rings. The second-order valence-corrected chi connectivity index (χ2v) is 13.9. The molecule has 51 heavy (non-hydrogen) atoms. The molecule has 7 heteroatoms. The quantitative estimate of drug-likeness (QED) is 0.0718. The van der Waals surface area contributed by atoms with Crippen LogP contribution in [0.25, 0.3) is 11.1 Å². The zero-order chi connectivity index (χ0) is 36.1. The van der Waals surface area contributed by atoms with Crippen molar-refractivity contribution in [1.29, 1.82) is 0 Å². The van der Waals surface area contributed by atoms with E-state index in [1.54, 1.807) is 18.2 Å². The van der Waals surface area contributed by atoms with Crippen molar-refractivity contribution in [3.8, 4) is 11.1 Å². The number of benzene rings is 3. The van der Waals surface area contributed by atoms with Crippen LogP contribution in [-0.2, 0) is 25.7 Å². The summed E-state index contributed by atoms with van der Waals surface area (Å²) in [5.41, 5.74) is 6.08. The van der Waals surface area contributed by atoms with E-state index in [0.717, 1.165) is 60.8 Å². The maximum Gasteiger partial charge on any atom is 0.411 e. The van der Waals surface area contributed by atoms with E-state index in [1.165, 1.54) is 64.2 Å². The van der Waals surface area contributed by atoms with E-state index < -0.39 is 6.09 Å². The summed E-state index contributed by atoms with van der Waals surface area (Å²) < 4.78 is 11.4. The first kappa shape index (κ1) is 39.7. The molecule has 0 spiro atoms. The summed E-state index contributed by atoms with van der Waals surface area (Å²) in [4.78, 5) is 38.8. The topological polar surface area (TPSA) is 93.7 Å². The van der Waals surface area contributed by atoms with Gasteiger partial charge in [-0.05, 0) is 47.2 Å². The fourth-order valence-corrected chi connectivity index (χ4v) is 6.98. The predicted octanol–water partition coefficient (Wildman–Crippen LogP) is 12.1. The average molecular weight is 697 g/mol. The van der Waals surface area contributed by atoms with Gasteiger partial charge >= 0.3 is 12.1 Å². The van der Waals surface area contributed by atoms with Gasteiger partial charge in [0.1, 0.15) is 13.2 Å². The number of hydrogen-bond donors (Lipinski definition) is 2. The van der Waals surface area contributed by atoms with Gasteiger partial charge in [0.15, 0.2) is 0 Å². The predicted molar refractivity (Wildman–Crippen MR) is 208 cm³/mol. The number of amides is 2. The van der Waals surface area contributed by atoms with E-state index in [2.05, 4.69) is 48.7 Å². The Morgan fingerprint density at radius 2 is 1.04 bits per heavy atom. The summed E-state index contributed by atoms with van der Waals surface area (Å²) in [5, 5.41) is 5.88. The molecule has 276 valence electrons. The average Bonchev–Trinajstić information content (AvgIpc) is 3.46. The molecule has 2 amide bonds. The number of carbonyl (C=O) groups is 3. The number of anilines is 2. The molecule has 4 rings (SSSR count). The van der Waals surface area contributed by atoms with Crippen LogP contribution in [0.3, 0.4) is 0 Å². The SMILES string of the molecule is CCCCCCCCCCCCCCCC(=O)Nc1cccc(NC(=O)OCC2c3ccccc3-c3ccccc32)c1COC(=O)CCCCC. The van der Waals surface area contributed by atoms with Crippen molar-refractivity contribution in [3.05, 3.63) is 83.4 Å². The third-order valence-corrected chi connectivity index (χ3v) is 9.90. The Hall–Kier alpha value is -4.13. The molecule has 0 aromatic heterocycles. The van der Waals surface area contributed by atoms with Gasteiger partial charge in [-0.1, -0.05) is 158 Å². The maximum absolute atomic E-state index is 13.2. The van der Waals surface area contributed by atoms with Gasteiger partial charge in [-0.15, -0.1) is 0 Å². The van der Waals surface area contributed by atoms with Crippen molar-refractivity contribution < 1.29 is 23.9 Å². The van der Waals surface area contributed by atoms with Crippen LogP contribution in [-0.4, -0.2) is 24.6 Å². The number of ether oxygens (including phenoxy) is 2. The minimum Gasteiger partial charge on any atom is -0.461 e. The normalized spacial score (nSPS) is 11.9. The molecule has 0 aliphatic heterocycles. The van der Waals surface area contributed by atoms with E-state index in [1.807, 2.05) is 24.3 Å². The van der Waals surface area contributed by atoms with Crippen molar-refractivity contribution in [1.82, 2.24) is 0 Å². The number of rotatable bonds is 24.